The molecule has 0 aromatic carbocycles. The van der Waals surface area contributed by atoms with Crippen molar-refractivity contribution in [1.29, 1.82) is 0 Å². The van der Waals surface area contributed by atoms with E-state index in [0.717, 1.165) is 24.8 Å². The van der Waals surface area contributed by atoms with E-state index >= 15 is 0 Å². The van der Waals surface area contributed by atoms with Crippen LogP contribution in [-0.2, 0) is 0 Å². The van der Waals surface area contributed by atoms with Gasteiger partial charge in [-0.05, 0) is 18.4 Å². The minimum absolute atomic E-state index is 0.195. The highest BCUT2D eigenvalue weighted by molar-refractivity contribution is 5.12. The highest BCUT2D eigenvalue weighted by Gasteiger charge is 2.24. The fourth-order valence-electron chi connectivity index (χ4n) is 2.00. The van der Waals surface area contributed by atoms with Crippen molar-refractivity contribution < 1.29 is 5.11 Å². The number of aromatic nitrogens is 2. The van der Waals surface area contributed by atoms with Crippen molar-refractivity contribution >= 4 is 0 Å². The summed E-state index contributed by atoms with van der Waals surface area (Å²) in [6, 6.07) is 0. The molecule has 1 aliphatic carbocycles. The molecule has 1 aromatic heterocycles. The lowest BCUT2D eigenvalue weighted by Gasteiger charge is -2.27. The molecule has 3 heteroatoms. The fraction of sp³-hybridized carbons (Fsp3) is 0.600. The summed E-state index contributed by atoms with van der Waals surface area (Å²) in [6.07, 6.45) is 9.28. The average Bonchev–Trinajstić information content (AvgIpc) is 2.20. The number of hydrogen-bond acceptors (Lipinski definition) is 3. The first-order chi connectivity index (χ1) is 6.38. The summed E-state index contributed by atoms with van der Waals surface area (Å²) in [6.45, 7) is 0. The lowest BCUT2D eigenvalue weighted by molar-refractivity contribution is 0.106. The Morgan fingerprint density at radius 1 is 1.15 bits per heavy atom. The minimum Gasteiger partial charge on any atom is -0.392 e. The molecule has 13 heavy (non-hydrogen) atoms. The molecule has 0 radical (unpaired) electrons. The molecule has 2 atom stereocenters. The molecular weight excluding hydrogens is 164 g/mol. The molecule has 70 valence electrons. The van der Waals surface area contributed by atoms with Gasteiger partial charge in [-0.2, -0.15) is 0 Å². The molecule has 2 rings (SSSR count). The standard InChI is InChI=1S/C10H14N2O/c13-10-4-2-1-3-9(10)8-5-11-7-12-6-8/h5-7,9-10,13H,1-4H2/t9-,10-/m1/s1. The first kappa shape index (κ1) is 8.63. The summed E-state index contributed by atoms with van der Waals surface area (Å²) >= 11 is 0. The Labute approximate surface area is 77.8 Å². The third-order valence-corrected chi connectivity index (χ3v) is 2.74. The van der Waals surface area contributed by atoms with Gasteiger partial charge in [-0.25, -0.2) is 9.97 Å². The maximum Gasteiger partial charge on any atom is 0.115 e. The van der Waals surface area contributed by atoms with Gasteiger partial charge in [0.15, 0.2) is 0 Å². The zero-order valence-corrected chi connectivity index (χ0v) is 7.56. The number of aliphatic hydroxyl groups is 1. The molecule has 0 unspecified atom stereocenters. The van der Waals surface area contributed by atoms with E-state index in [0.29, 0.717) is 0 Å². The van der Waals surface area contributed by atoms with Gasteiger partial charge in [0, 0.05) is 18.3 Å². The molecule has 1 N–H and O–H groups in total. The van der Waals surface area contributed by atoms with Crippen LogP contribution in [0.25, 0.3) is 0 Å². The van der Waals surface area contributed by atoms with E-state index in [2.05, 4.69) is 9.97 Å². The fourth-order valence-corrected chi connectivity index (χ4v) is 2.00. The van der Waals surface area contributed by atoms with Crippen LogP contribution in [0.3, 0.4) is 0 Å². The summed E-state index contributed by atoms with van der Waals surface area (Å²) in [5.41, 5.74) is 1.08. The summed E-state index contributed by atoms with van der Waals surface area (Å²) < 4.78 is 0. The first-order valence-corrected chi connectivity index (χ1v) is 4.81. The lowest BCUT2D eigenvalue weighted by atomic mass is 9.83. The summed E-state index contributed by atoms with van der Waals surface area (Å²) in [5.74, 6) is 0.259. The van der Waals surface area contributed by atoms with Gasteiger partial charge in [-0.15, -0.1) is 0 Å². The van der Waals surface area contributed by atoms with Crippen LogP contribution in [-0.4, -0.2) is 21.2 Å². The predicted molar refractivity (Wildman–Crippen MR) is 49.2 cm³/mol. The van der Waals surface area contributed by atoms with Crippen molar-refractivity contribution in [1.82, 2.24) is 9.97 Å². The van der Waals surface area contributed by atoms with Crippen molar-refractivity contribution in [2.75, 3.05) is 0 Å². The molecule has 0 spiro atoms. The van der Waals surface area contributed by atoms with Crippen LogP contribution < -0.4 is 0 Å². The van der Waals surface area contributed by atoms with E-state index in [4.69, 9.17) is 0 Å². The first-order valence-electron chi connectivity index (χ1n) is 4.81. The SMILES string of the molecule is O[C@@H]1CCCC[C@@H]1c1cncnc1. The van der Waals surface area contributed by atoms with Crippen molar-refractivity contribution in [3.8, 4) is 0 Å². The Kier molecular flexibility index (Phi) is 2.54. The summed E-state index contributed by atoms with van der Waals surface area (Å²) in [5, 5.41) is 9.77. The van der Waals surface area contributed by atoms with Gasteiger partial charge >= 0.3 is 0 Å². The quantitative estimate of drug-likeness (QED) is 0.708. The summed E-state index contributed by atoms with van der Waals surface area (Å²) in [7, 11) is 0. The van der Waals surface area contributed by atoms with Crippen LogP contribution in [0.5, 0.6) is 0 Å². The second-order valence-electron chi connectivity index (χ2n) is 3.63. The number of aliphatic hydroxyl groups excluding tert-OH is 1. The Morgan fingerprint density at radius 3 is 2.54 bits per heavy atom. The van der Waals surface area contributed by atoms with Crippen LogP contribution in [0.1, 0.15) is 37.2 Å². The van der Waals surface area contributed by atoms with Gasteiger partial charge in [0.25, 0.3) is 0 Å². The average molecular weight is 178 g/mol. The Hall–Kier alpha value is -0.960. The van der Waals surface area contributed by atoms with Crippen molar-refractivity contribution in [2.45, 2.75) is 37.7 Å². The topological polar surface area (TPSA) is 46.0 Å². The lowest BCUT2D eigenvalue weighted by Crippen LogP contribution is -2.22. The molecule has 1 heterocycles. The zero-order chi connectivity index (χ0) is 9.10. The van der Waals surface area contributed by atoms with E-state index < -0.39 is 0 Å². The van der Waals surface area contributed by atoms with Gasteiger partial charge in [-0.3, -0.25) is 0 Å². The van der Waals surface area contributed by atoms with Crippen molar-refractivity contribution in [3.63, 3.8) is 0 Å². The summed E-state index contributed by atoms with van der Waals surface area (Å²) in [4.78, 5) is 7.94. The van der Waals surface area contributed by atoms with Crippen LogP contribution in [0.2, 0.25) is 0 Å². The molecule has 1 aliphatic rings. The van der Waals surface area contributed by atoms with Gasteiger partial charge in [-0.1, -0.05) is 12.8 Å². The van der Waals surface area contributed by atoms with Crippen molar-refractivity contribution in [2.24, 2.45) is 0 Å². The van der Waals surface area contributed by atoms with Crippen LogP contribution >= 0.6 is 0 Å². The molecular formula is C10H14N2O. The van der Waals surface area contributed by atoms with E-state index in [1.54, 1.807) is 0 Å². The largest absolute Gasteiger partial charge is 0.392 e. The van der Waals surface area contributed by atoms with E-state index in [1.165, 1.54) is 12.7 Å². The predicted octanol–water partition coefficient (Wildman–Crippen LogP) is 1.50. The number of rotatable bonds is 1. The maximum atomic E-state index is 9.77. The van der Waals surface area contributed by atoms with E-state index in [1.807, 2.05) is 12.4 Å². The molecule has 1 fully saturated rings. The Morgan fingerprint density at radius 2 is 1.85 bits per heavy atom. The maximum absolute atomic E-state index is 9.77. The molecule has 0 saturated heterocycles. The smallest absolute Gasteiger partial charge is 0.115 e. The molecule has 0 amide bonds. The Bertz CT molecular complexity index is 263. The monoisotopic (exact) mass is 178 g/mol. The van der Waals surface area contributed by atoms with Gasteiger partial charge in [0.1, 0.15) is 6.33 Å². The highest BCUT2D eigenvalue weighted by Crippen LogP contribution is 2.31. The molecule has 0 aliphatic heterocycles. The third-order valence-electron chi connectivity index (χ3n) is 2.74. The van der Waals surface area contributed by atoms with Crippen LogP contribution in [0.4, 0.5) is 0 Å². The second kappa shape index (κ2) is 3.83. The molecule has 0 bridgehead atoms. The normalized spacial score (nSPS) is 28.7. The van der Waals surface area contributed by atoms with Crippen molar-refractivity contribution in [3.05, 3.63) is 24.3 Å². The van der Waals surface area contributed by atoms with Crippen LogP contribution in [0, 0.1) is 0 Å². The van der Waals surface area contributed by atoms with Crippen LogP contribution in [0.15, 0.2) is 18.7 Å². The zero-order valence-electron chi connectivity index (χ0n) is 7.56. The van der Waals surface area contributed by atoms with Gasteiger partial charge in [0.2, 0.25) is 0 Å². The molecule has 1 aromatic rings. The minimum atomic E-state index is -0.195. The third kappa shape index (κ3) is 1.86. The number of hydrogen-bond donors (Lipinski definition) is 1. The van der Waals surface area contributed by atoms with E-state index in [-0.39, 0.29) is 12.0 Å². The van der Waals surface area contributed by atoms with Gasteiger partial charge < -0.3 is 5.11 Å². The molecule has 1 saturated carbocycles. The Balaban J connectivity index is 2.15. The van der Waals surface area contributed by atoms with E-state index in [9.17, 15) is 5.11 Å². The van der Waals surface area contributed by atoms with Gasteiger partial charge in [0.05, 0.1) is 6.10 Å². The second-order valence-corrected chi connectivity index (χ2v) is 3.63. The number of nitrogens with zero attached hydrogens (tertiary/aromatic N) is 2. The molecule has 3 nitrogen and oxygen atoms in total. The highest BCUT2D eigenvalue weighted by atomic mass is 16.3.